The van der Waals surface area contributed by atoms with E-state index >= 15 is 0 Å². The van der Waals surface area contributed by atoms with Crippen LogP contribution >= 0.6 is 11.3 Å². The second kappa shape index (κ2) is 6.95. The zero-order valence-corrected chi connectivity index (χ0v) is 13.8. The lowest BCUT2D eigenvalue weighted by atomic mass is 10.0. The third-order valence-corrected chi connectivity index (χ3v) is 4.85. The molecule has 1 N–H and O–H groups in total. The number of rotatable bonds is 6. The van der Waals surface area contributed by atoms with Gasteiger partial charge in [-0.2, -0.15) is 0 Å². The Labute approximate surface area is 135 Å². The Kier molecular flexibility index (Phi) is 4.76. The fourth-order valence-corrected chi connectivity index (χ4v) is 3.48. The van der Waals surface area contributed by atoms with Gasteiger partial charge in [-0.3, -0.25) is 0 Å². The quantitative estimate of drug-likeness (QED) is 0.696. The van der Waals surface area contributed by atoms with Crippen molar-refractivity contribution in [1.82, 2.24) is 5.32 Å². The normalized spacial score (nSPS) is 12.5. The molecule has 1 heterocycles. The molecule has 0 radical (unpaired) electrons. The van der Waals surface area contributed by atoms with E-state index in [1.807, 2.05) is 7.05 Å². The van der Waals surface area contributed by atoms with Crippen LogP contribution in [0.4, 0.5) is 0 Å². The molecule has 3 heteroatoms. The predicted molar refractivity (Wildman–Crippen MR) is 94.9 cm³/mol. The van der Waals surface area contributed by atoms with E-state index in [2.05, 4.69) is 66.2 Å². The van der Waals surface area contributed by atoms with Crippen LogP contribution in [0.3, 0.4) is 0 Å². The van der Waals surface area contributed by atoms with Gasteiger partial charge >= 0.3 is 0 Å². The van der Waals surface area contributed by atoms with E-state index in [1.54, 1.807) is 11.3 Å². The third kappa shape index (κ3) is 3.16. The molecule has 1 unspecified atom stereocenters. The van der Waals surface area contributed by atoms with Crippen molar-refractivity contribution in [2.24, 2.45) is 0 Å². The van der Waals surface area contributed by atoms with E-state index in [9.17, 15) is 0 Å². The highest BCUT2D eigenvalue weighted by atomic mass is 32.1. The summed E-state index contributed by atoms with van der Waals surface area (Å²) in [5.41, 5.74) is 1.28. The number of aryl methyl sites for hydroxylation is 1. The van der Waals surface area contributed by atoms with Crippen molar-refractivity contribution in [3.8, 4) is 5.75 Å². The number of thiophene rings is 1. The molecule has 1 aromatic heterocycles. The van der Waals surface area contributed by atoms with Crippen molar-refractivity contribution >= 4 is 22.1 Å². The zero-order chi connectivity index (χ0) is 15.4. The van der Waals surface area contributed by atoms with Crippen molar-refractivity contribution in [2.75, 3.05) is 13.6 Å². The molecule has 3 rings (SSSR count). The van der Waals surface area contributed by atoms with Crippen molar-refractivity contribution in [3.63, 3.8) is 0 Å². The number of hydrogen-bond acceptors (Lipinski definition) is 3. The van der Waals surface area contributed by atoms with Gasteiger partial charge in [0.1, 0.15) is 11.9 Å². The van der Waals surface area contributed by atoms with Gasteiger partial charge in [0, 0.05) is 16.7 Å². The van der Waals surface area contributed by atoms with Gasteiger partial charge in [0.25, 0.3) is 0 Å². The number of benzene rings is 2. The van der Waals surface area contributed by atoms with Crippen LogP contribution in [-0.2, 0) is 0 Å². The molecule has 1 atom stereocenters. The summed E-state index contributed by atoms with van der Waals surface area (Å²) in [6.45, 7) is 3.08. The minimum Gasteiger partial charge on any atom is -0.484 e. The maximum Gasteiger partial charge on any atom is 0.134 e. The van der Waals surface area contributed by atoms with E-state index in [4.69, 9.17) is 4.74 Å². The first-order valence-electron chi connectivity index (χ1n) is 7.62. The van der Waals surface area contributed by atoms with Crippen molar-refractivity contribution in [3.05, 3.63) is 64.4 Å². The highest BCUT2D eigenvalue weighted by Crippen LogP contribution is 2.33. The van der Waals surface area contributed by atoms with E-state index in [-0.39, 0.29) is 6.10 Å². The van der Waals surface area contributed by atoms with E-state index in [1.165, 1.54) is 21.2 Å². The van der Waals surface area contributed by atoms with Gasteiger partial charge in [-0.1, -0.05) is 36.4 Å². The van der Waals surface area contributed by atoms with Gasteiger partial charge in [0.05, 0.1) is 0 Å². The SMILES string of the molecule is CNCCC(Oc1ccc(C)c2ccccc12)c1cccs1. The zero-order valence-electron chi connectivity index (χ0n) is 13.0. The van der Waals surface area contributed by atoms with Crippen molar-refractivity contribution in [2.45, 2.75) is 19.4 Å². The molecule has 0 spiro atoms. The topological polar surface area (TPSA) is 21.3 Å². The Morgan fingerprint density at radius 2 is 1.86 bits per heavy atom. The van der Waals surface area contributed by atoms with E-state index in [0.717, 1.165) is 18.7 Å². The summed E-state index contributed by atoms with van der Waals surface area (Å²) in [4.78, 5) is 1.28. The fourth-order valence-electron chi connectivity index (χ4n) is 2.69. The lowest BCUT2D eigenvalue weighted by molar-refractivity contribution is 0.201. The lowest BCUT2D eigenvalue weighted by Gasteiger charge is -2.20. The number of ether oxygens (including phenoxy) is 1. The molecular formula is C19H21NOS. The molecule has 2 aromatic carbocycles. The molecule has 0 aliphatic rings. The maximum absolute atomic E-state index is 6.40. The minimum atomic E-state index is 0.0959. The Morgan fingerprint density at radius 1 is 1.05 bits per heavy atom. The van der Waals surface area contributed by atoms with Crippen LogP contribution in [0.1, 0.15) is 23.0 Å². The third-order valence-electron chi connectivity index (χ3n) is 3.89. The van der Waals surface area contributed by atoms with E-state index < -0.39 is 0 Å². The average Bonchev–Trinajstić information content (AvgIpc) is 3.08. The van der Waals surface area contributed by atoms with Gasteiger partial charge < -0.3 is 10.1 Å². The summed E-state index contributed by atoms with van der Waals surface area (Å²) in [6.07, 6.45) is 1.05. The Morgan fingerprint density at radius 3 is 2.59 bits per heavy atom. The Hall–Kier alpha value is -1.84. The fraction of sp³-hybridized carbons (Fsp3) is 0.263. The standard InChI is InChI=1S/C19H21NOS/c1-14-9-10-17(16-7-4-3-6-15(14)16)21-18(11-12-20-2)19-8-5-13-22-19/h3-10,13,18,20H,11-12H2,1-2H3. The van der Waals surface area contributed by atoms with Crippen LogP contribution in [-0.4, -0.2) is 13.6 Å². The number of hydrogen-bond donors (Lipinski definition) is 1. The van der Waals surface area contributed by atoms with Crippen LogP contribution < -0.4 is 10.1 Å². The monoisotopic (exact) mass is 311 g/mol. The summed E-state index contributed by atoms with van der Waals surface area (Å²) in [6, 6.07) is 16.9. The lowest BCUT2D eigenvalue weighted by Crippen LogP contribution is -2.15. The van der Waals surface area contributed by atoms with Gasteiger partial charge in [-0.05, 0) is 49.0 Å². The number of fused-ring (bicyclic) bond motifs is 1. The van der Waals surface area contributed by atoms with Crippen molar-refractivity contribution < 1.29 is 4.74 Å². The summed E-state index contributed by atoms with van der Waals surface area (Å²) >= 11 is 1.76. The summed E-state index contributed by atoms with van der Waals surface area (Å²) < 4.78 is 6.40. The minimum absolute atomic E-state index is 0.0959. The van der Waals surface area contributed by atoms with Gasteiger partial charge in [-0.15, -0.1) is 11.3 Å². The Balaban J connectivity index is 1.94. The van der Waals surface area contributed by atoms with Crippen LogP contribution in [0.5, 0.6) is 5.75 Å². The smallest absolute Gasteiger partial charge is 0.134 e. The Bertz CT molecular complexity index is 736. The summed E-state index contributed by atoms with van der Waals surface area (Å²) in [7, 11) is 1.98. The molecule has 0 fully saturated rings. The second-order valence-electron chi connectivity index (χ2n) is 5.44. The highest BCUT2D eigenvalue weighted by molar-refractivity contribution is 7.10. The first-order valence-corrected chi connectivity index (χ1v) is 8.50. The summed E-state index contributed by atoms with van der Waals surface area (Å²) in [5, 5.41) is 7.78. The first-order chi connectivity index (χ1) is 10.8. The molecule has 0 aliphatic carbocycles. The van der Waals surface area contributed by atoms with Crippen LogP contribution in [0.25, 0.3) is 10.8 Å². The average molecular weight is 311 g/mol. The molecule has 114 valence electrons. The maximum atomic E-state index is 6.40. The first kappa shape index (κ1) is 15.1. The number of nitrogens with one attached hydrogen (secondary N) is 1. The largest absolute Gasteiger partial charge is 0.484 e. The van der Waals surface area contributed by atoms with Gasteiger partial charge in [0.2, 0.25) is 0 Å². The second-order valence-corrected chi connectivity index (χ2v) is 6.42. The van der Waals surface area contributed by atoms with Crippen LogP contribution in [0.15, 0.2) is 53.9 Å². The molecule has 2 nitrogen and oxygen atoms in total. The molecule has 0 bridgehead atoms. The van der Waals surface area contributed by atoms with Crippen LogP contribution in [0, 0.1) is 6.92 Å². The van der Waals surface area contributed by atoms with E-state index in [0.29, 0.717) is 0 Å². The predicted octanol–water partition coefficient (Wildman–Crippen LogP) is 4.94. The highest BCUT2D eigenvalue weighted by Gasteiger charge is 2.16. The van der Waals surface area contributed by atoms with Gasteiger partial charge in [-0.25, -0.2) is 0 Å². The molecule has 0 saturated carbocycles. The molecule has 22 heavy (non-hydrogen) atoms. The molecule has 0 aliphatic heterocycles. The van der Waals surface area contributed by atoms with Crippen LogP contribution in [0.2, 0.25) is 0 Å². The molecule has 0 saturated heterocycles. The van der Waals surface area contributed by atoms with Crippen molar-refractivity contribution in [1.29, 1.82) is 0 Å². The molecule has 3 aromatic rings. The molecule has 0 amide bonds. The molecular weight excluding hydrogens is 290 g/mol. The van der Waals surface area contributed by atoms with Gasteiger partial charge in [0.15, 0.2) is 0 Å². The summed E-state index contributed by atoms with van der Waals surface area (Å²) in [5.74, 6) is 0.968.